The Balaban J connectivity index is 1.25. The third-order valence-corrected chi connectivity index (χ3v) is 10.6. The van der Waals surface area contributed by atoms with Gasteiger partial charge in [-0.1, -0.05) is 140 Å². The summed E-state index contributed by atoms with van der Waals surface area (Å²) in [6.07, 6.45) is 0. The summed E-state index contributed by atoms with van der Waals surface area (Å²) in [6.45, 7) is 0. The molecule has 49 heavy (non-hydrogen) atoms. The summed E-state index contributed by atoms with van der Waals surface area (Å²) < 4.78 is 6.50. The van der Waals surface area contributed by atoms with Crippen molar-refractivity contribution >= 4 is 86.6 Å². The fourth-order valence-electron chi connectivity index (χ4n) is 8.42. The average molecular weight is 621 g/mol. The van der Waals surface area contributed by atoms with Crippen LogP contribution in [0.5, 0.6) is 0 Å². The van der Waals surface area contributed by atoms with E-state index >= 15 is 0 Å². The van der Waals surface area contributed by atoms with Crippen molar-refractivity contribution in [1.29, 1.82) is 0 Å². The number of hydrogen-bond acceptors (Lipinski definition) is 1. The number of furan rings is 1. The maximum absolute atomic E-state index is 6.50. The summed E-state index contributed by atoms with van der Waals surface area (Å²) in [7, 11) is 0. The van der Waals surface area contributed by atoms with Crippen LogP contribution >= 0.6 is 0 Å². The van der Waals surface area contributed by atoms with Gasteiger partial charge in [0.25, 0.3) is 0 Å². The molecule has 1 heterocycles. The van der Waals surface area contributed by atoms with E-state index in [9.17, 15) is 0 Å². The minimum absolute atomic E-state index is 0.908. The second-order valence-corrected chi connectivity index (χ2v) is 13.2. The van der Waals surface area contributed by atoms with Crippen molar-refractivity contribution < 1.29 is 4.42 Å². The molecule has 1 nitrogen and oxygen atoms in total. The minimum atomic E-state index is 0.908. The number of hydrogen-bond donors (Lipinski definition) is 0. The van der Waals surface area contributed by atoms with Crippen LogP contribution in [0.2, 0.25) is 0 Å². The first-order chi connectivity index (χ1) is 24.3. The molecule has 1 heteroatoms. The van der Waals surface area contributed by atoms with Gasteiger partial charge >= 0.3 is 0 Å². The Bertz CT molecular complexity index is 3050. The van der Waals surface area contributed by atoms with Gasteiger partial charge in [0.2, 0.25) is 0 Å². The van der Waals surface area contributed by atoms with E-state index in [1.165, 1.54) is 86.9 Å². The highest BCUT2D eigenvalue weighted by atomic mass is 16.3. The minimum Gasteiger partial charge on any atom is -0.456 e. The van der Waals surface area contributed by atoms with E-state index in [4.69, 9.17) is 4.42 Å². The lowest BCUT2D eigenvalue weighted by atomic mass is 9.83. The predicted octanol–water partition coefficient (Wildman–Crippen LogP) is 13.8. The van der Waals surface area contributed by atoms with Crippen LogP contribution in [0.4, 0.5) is 0 Å². The molecule has 0 aliphatic carbocycles. The molecule has 0 saturated heterocycles. The quantitative estimate of drug-likeness (QED) is 0.138. The highest BCUT2D eigenvalue weighted by Crippen LogP contribution is 2.48. The molecule has 0 aliphatic heterocycles. The summed E-state index contributed by atoms with van der Waals surface area (Å²) >= 11 is 0. The lowest BCUT2D eigenvalue weighted by Crippen LogP contribution is -1.92. The Hall–Kier alpha value is -6.44. The Labute approximate surface area is 282 Å². The predicted molar refractivity (Wildman–Crippen MR) is 210 cm³/mol. The molecule has 0 unspecified atom stereocenters. The number of fused-ring (bicyclic) bond motifs is 10. The van der Waals surface area contributed by atoms with Crippen molar-refractivity contribution in [2.24, 2.45) is 0 Å². The number of benzene rings is 10. The van der Waals surface area contributed by atoms with Crippen LogP contribution < -0.4 is 0 Å². The highest BCUT2D eigenvalue weighted by molar-refractivity contribution is 6.28. The molecule has 0 amide bonds. The van der Waals surface area contributed by atoms with E-state index in [0.29, 0.717) is 0 Å². The molecule has 0 saturated carbocycles. The molecule has 10 aromatic carbocycles. The van der Waals surface area contributed by atoms with Gasteiger partial charge in [-0.2, -0.15) is 0 Å². The maximum Gasteiger partial charge on any atom is 0.136 e. The second-order valence-electron chi connectivity index (χ2n) is 13.2. The molecular weight excluding hydrogens is 593 g/mol. The van der Waals surface area contributed by atoms with Crippen molar-refractivity contribution in [2.45, 2.75) is 0 Å². The smallest absolute Gasteiger partial charge is 0.136 e. The van der Waals surface area contributed by atoms with Crippen molar-refractivity contribution in [3.63, 3.8) is 0 Å². The molecule has 0 radical (unpaired) electrons. The van der Waals surface area contributed by atoms with Gasteiger partial charge in [-0.05, 0) is 117 Å². The average Bonchev–Trinajstić information content (AvgIpc) is 3.52. The Morgan fingerprint density at radius 3 is 1.37 bits per heavy atom. The third kappa shape index (κ3) is 3.82. The zero-order valence-electron chi connectivity index (χ0n) is 26.6. The van der Waals surface area contributed by atoms with Crippen molar-refractivity contribution in [3.8, 4) is 22.3 Å². The Morgan fingerprint density at radius 1 is 0.245 bits per heavy atom. The topological polar surface area (TPSA) is 13.1 Å². The van der Waals surface area contributed by atoms with Crippen molar-refractivity contribution in [1.82, 2.24) is 0 Å². The molecule has 0 N–H and O–H groups in total. The molecule has 11 rings (SSSR count). The third-order valence-electron chi connectivity index (χ3n) is 10.6. The van der Waals surface area contributed by atoms with Crippen molar-refractivity contribution in [3.05, 3.63) is 170 Å². The molecule has 1 aromatic heterocycles. The Kier molecular flexibility index (Phi) is 5.45. The first-order valence-corrected chi connectivity index (χ1v) is 16.9. The van der Waals surface area contributed by atoms with E-state index in [1.807, 2.05) is 0 Å². The molecule has 226 valence electrons. The van der Waals surface area contributed by atoms with Gasteiger partial charge in [0, 0.05) is 10.8 Å². The Morgan fingerprint density at radius 2 is 0.714 bits per heavy atom. The number of rotatable bonds is 2. The van der Waals surface area contributed by atoms with Gasteiger partial charge in [0.15, 0.2) is 0 Å². The summed E-state index contributed by atoms with van der Waals surface area (Å²) in [6, 6.07) is 62.2. The van der Waals surface area contributed by atoms with Gasteiger partial charge in [0.1, 0.15) is 11.2 Å². The van der Waals surface area contributed by atoms with E-state index < -0.39 is 0 Å². The van der Waals surface area contributed by atoms with Crippen LogP contribution in [-0.2, 0) is 0 Å². The van der Waals surface area contributed by atoms with E-state index in [2.05, 4.69) is 170 Å². The molecule has 0 atom stereocenters. The first-order valence-electron chi connectivity index (χ1n) is 16.9. The summed E-state index contributed by atoms with van der Waals surface area (Å²) in [5.74, 6) is 0. The maximum atomic E-state index is 6.50. The molecule has 0 spiro atoms. The molecule has 0 fully saturated rings. The summed E-state index contributed by atoms with van der Waals surface area (Å²) in [5, 5.41) is 17.3. The van der Waals surface area contributed by atoms with Crippen LogP contribution in [0.15, 0.2) is 174 Å². The largest absolute Gasteiger partial charge is 0.456 e. The van der Waals surface area contributed by atoms with Gasteiger partial charge in [-0.25, -0.2) is 0 Å². The summed E-state index contributed by atoms with van der Waals surface area (Å²) in [4.78, 5) is 0. The standard InChI is InChI=1S/C48H28O/c1-4-14-34-29(11-1)21-22-32-27-45-43(28-41(32)34)42-26-33(23-24-44(42)49-45)46-37-17-7-9-19-39(37)48(40-20-10-8-18-38(40)46)47-35-15-5-2-12-30(35)25-31-13-3-6-16-36(31)47/h1-28H. The van der Waals surface area contributed by atoms with Crippen LogP contribution in [0, 0.1) is 0 Å². The normalized spacial score (nSPS) is 12.1. The SMILES string of the molecule is c1ccc2c(-c3c4ccccc4c(-c4ccc5oc6cc7ccc8ccccc8c7cc6c5c4)c4ccccc34)c3ccccc3cc2c1. The fraction of sp³-hybridized carbons (Fsp3) is 0. The lowest BCUT2D eigenvalue weighted by molar-refractivity contribution is 0.669. The van der Waals surface area contributed by atoms with Gasteiger partial charge < -0.3 is 4.42 Å². The van der Waals surface area contributed by atoms with Gasteiger partial charge in [0.05, 0.1) is 0 Å². The summed E-state index contributed by atoms with van der Waals surface area (Å²) in [5.41, 5.74) is 6.85. The molecule has 0 bridgehead atoms. The van der Waals surface area contributed by atoms with Gasteiger partial charge in [-0.15, -0.1) is 0 Å². The highest BCUT2D eigenvalue weighted by Gasteiger charge is 2.21. The van der Waals surface area contributed by atoms with Crippen LogP contribution in [0.3, 0.4) is 0 Å². The monoisotopic (exact) mass is 620 g/mol. The van der Waals surface area contributed by atoms with Crippen LogP contribution in [0.1, 0.15) is 0 Å². The van der Waals surface area contributed by atoms with E-state index in [-0.39, 0.29) is 0 Å². The zero-order valence-corrected chi connectivity index (χ0v) is 26.6. The fourth-order valence-corrected chi connectivity index (χ4v) is 8.42. The molecular formula is C48H28O. The van der Waals surface area contributed by atoms with Crippen molar-refractivity contribution in [2.75, 3.05) is 0 Å². The van der Waals surface area contributed by atoms with Gasteiger partial charge in [-0.3, -0.25) is 0 Å². The van der Waals surface area contributed by atoms with E-state index in [1.54, 1.807) is 0 Å². The van der Waals surface area contributed by atoms with E-state index in [0.717, 1.165) is 21.9 Å². The first kappa shape index (κ1) is 26.6. The molecule has 0 aliphatic rings. The second kappa shape index (κ2) is 10.0. The molecule has 11 aromatic rings. The van der Waals surface area contributed by atoms with Crippen LogP contribution in [0.25, 0.3) is 109 Å². The van der Waals surface area contributed by atoms with Crippen LogP contribution in [-0.4, -0.2) is 0 Å². The lowest BCUT2D eigenvalue weighted by Gasteiger charge is -2.20. The zero-order chi connectivity index (χ0) is 32.1.